The number of benzene rings is 1. The molecule has 0 spiro atoms. The molecule has 0 aliphatic carbocycles. The minimum absolute atomic E-state index is 0.0197. The van der Waals surface area contributed by atoms with Gasteiger partial charge >= 0.3 is 23.9 Å². The van der Waals surface area contributed by atoms with Gasteiger partial charge in [0.05, 0.1) is 32.2 Å². The standard InChI is InChI=1S/C20H25NO11/c1-30-19(29)18-11(6-16(25)26)10(5-15(23)24)12(7-17(27)28)20(32-18)31-14-4-9(8-22)2-3-13(14)21/h2-4,10-12,18,20,22H,5-8,21H2,1H3,(H,23,24)(H,25,26)(H,27,28)/t10-,11-,12+,18-,20+/m0/s1. The van der Waals surface area contributed by atoms with E-state index >= 15 is 0 Å². The third-order valence-corrected chi connectivity index (χ3v) is 5.29. The topological polar surface area (TPSA) is 203 Å². The maximum atomic E-state index is 12.4. The highest BCUT2D eigenvalue weighted by molar-refractivity contribution is 5.77. The van der Waals surface area contributed by atoms with Gasteiger partial charge in [-0.3, -0.25) is 14.4 Å². The predicted octanol–water partition coefficient (Wildman–Crippen LogP) is 0.311. The van der Waals surface area contributed by atoms with Gasteiger partial charge in [-0.1, -0.05) is 6.07 Å². The van der Waals surface area contributed by atoms with Crippen molar-refractivity contribution in [2.75, 3.05) is 12.8 Å². The summed E-state index contributed by atoms with van der Waals surface area (Å²) in [5.74, 6) is -8.29. The molecule has 1 fully saturated rings. The van der Waals surface area contributed by atoms with E-state index in [1.807, 2.05) is 0 Å². The number of rotatable bonds is 10. The largest absolute Gasteiger partial charge is 0.481 e. The molecule has 1 aromatic rings. The first-order valence-electron chi connectivity index (χ1n) is 9.61. The maximum absolute atomic E-state index is 12.4. The first-order valence-corrected chi connectivity index (χ1v) is 9.61. The fraction of sp³-hybridized carbons (Fsp3) is 0.500. The fourth-order valence-corrected chi connectivity index (χ4v) is 3.87. The summed E-state index contributed by atoms with van der Waals surface area (Å²) in [6.07, 6.45) is -4.87. The lowest BCUT2D eigenvalue weighted by atomic mass is 9.71. The van der Waals surface area contributed by atoms with Gasteiger partial charge in [0.1, 0.15) is 5.75 Å². The molecule has 5 atom stereocenters. The number of anilines is 1. The van der Waals surface area contributed by atoms with E-state index < -0.39 is 73.3 Å². The molecule has 0 aromatic heterocycles. The molecule has 176 valence electrons. The molecular formula is C20H25NO11. The summed E-state index contributed by atoms with van der Waals surface area (Å²) < 4.78 is 16.1. The Morgan fingerprint density at radius 1 is 0.969 bits per heavy atom. The van der Waals surface area contributed by atoms with Crippen LogP contribution in [-0.4, -0.2) is 63.8 Å². The van der Waals surface area contributed by atoms with Crippen molar-refractivity contribution in [2.24, 2.45) is 17.8 Å². The fourth-order valence-electron chi connectivity index (χ4n) is 3.87. The number of methoxy groups -OCH3 is 1. The number of ether oxygens (including phenoxy) is 3. The molecule has 6 N–H and O–H groups in total. The zero-order chi connectivity index (χ0) is 24.0. The zero-order valence-corrected chi connectivity index (χ0v) is 17.2. The summed E-state index contributed by atoms with van der Waals surface area (Å²) in [6, 6.07) is 4.36. The van der Waals surface area contributed by atoms with E-state index in [0.717, 1.165) is 7.11 Å². The van der Waals surface area contributed by atoms with Crippen LogP contribution in [0.3, 0.4) is 0 Å². The SMILES string of the molecule is COC(=O)[C@H]1O[C@@H](Oc2cc(CO)ccc2N)[C@H](CC(=O)O)[C@@H](CC(=O)O)[C@@H]1CC(=O)O. The van der Waals surface area contributed by atoms with Crippen molar-refractivity contribution in [2.45, 2.75) is 38.3 Å². The van der Waals surface area contributed by atoms with E-state index in [4.69, 9.17) is 19.9 Å². The average molecular weight is 455 g/mol. The number of esters is 1. The highest BCUT2D eigenvalue weighted by atomic mass is 16.7. The summed E-state index contributed by atoms with van der Waals surface area (Å²) in [5.41, 5.74) is 6.44. The van der Waals surface area contributed by atoms with Gasteiger partial charge in [-0.05, 0) is 23.6 Å². The number of aliphatic hydroxyl groups excluding tert-OH is 1. The van der Waals surface area contributed by atoms with Crippen LogP contribution in [-0.2, 0) is 35.3 Å². The summed E-state index contributed by atoms with van der Waals surface area (Å²) in [4.78, 5) is 46.9. The summed E-state index contributed by atoms with van der Waals surface area (Å²) in [5, 5.41) is 37.5. The smallest absolute Gasteiger partial charge is 0.335 e. The van der Waals surface area contributed by atoms with Crippen molar-refractivity contribution in [1.29, 1.82) is 0 Å². The average Bonchev–Trinajstić information content (AvgIpc) is 2.71. The molecule has 0 amide bonds. The van der Waals surface area contributed by atoms with Crippen LogP contribution >= 0.6 is 0 Å². The van der Waals surface area contributed by atoms with Crippen LogP contribution in [0.5, 0.6) is 5.75 Å². The van der Waals surface area contributed by atoms with Crippen LogP contribution < -0.4 is 10.5 Å². The number of carbonyl (C=O) groups is 4. The van der Waals surface area contributed by atoms with E-state index in [-0.39, 0.29) is 18.0 Å². The molecule has 1 saturated heterocycles. The normalized spacial score (nSPS) is 25.0. The molecule has 0 radical (unpaired) electrons. The van der Waals surface area contributed by atoms with Crippen molar-refractivity contribution in [3.05, 3.63) is 23.8 Å². The molecule has 1 heterocycles. The van der Waals surface area contributed by atoms with Crippen molar-refractivity contribution < 1.29 is 53.8 Å². The molecule has 1 aliphatic heterocycles. The minimum atomic E-state index is -1.52. The first-order chi connectivity index (χ1) is 15.1. The molecular weight excluding hydrogens is 430 g/mol. The highest BCUT2D eigenvalue weighted by Crippen LogP contribution is 2.43. The number of carboxylic acid groups (broad SMARTS) is 3. The minimum Gasteiger partial charge on any atom is -0.481 e. The Morgan fingerprint density at radius 3 is 2.06 bits per heavy atom. The predicted molar refractivity (Wildman–Crippen MR) is 105 cm³/mol. The molecule has 0 bridgehead atoms. The number of hydrogen-bond acceptors (Lipinski definition) is 9. The Labute approximate surface area is 182 Å². The van der Waals surface area contributed by atoms with Crippen molar-refractivity contribution in [3.63, 3.8) is 0 Å². The van der Waals surface area contributed by atoms with Gasteiger partial charge in [0.15, 0.2) is 6.10 Å². The van der Waals surface area contributed by atoms with Crippen LogP contribution in [0.2, 0.25) is 0 Å². The second kappa shape index (κ2) is 10.8. The second-order valence-corrected chi connectivity index (χ2v) is 7.38. The summed E-state index contributed by atoms with van der Waals surface area (Å²) >= 11 is 0. The first kappa shape index (κ1) is 24.9. The van der Waals surface area contributed by atoms with Crippen LogP contribution in [0.4, 0.5) is 5.69 Å². The Hall–Kier alpha value is -3.38. The monoisotopic (exact) mass is 455 g/mol. The molecule has 32 heavy (non-hydrogen) atoms. The van der Waals surface area contributed by atoms with Gasteiger partial charge in [-0.15, -0.1) is 0 Å². The Balaban J connectivity index is 2.54. The molecule has 12 heteroatoms. The van der Waals surface area contributed by atoms with E-state index in [1.165, 1.54) is 18.2 Å². The molecule has 1 aliphatic rings. The number of aliphatic hydroxyl groups is 1. The Morgan fingerprint density at radius 2 is 1.53 bits per heavy atom. The molecule has 0 saturated carbocycles. The number of aliphatic carboxylic acids is 3. The third-order valence-electron chi connectivity index (χ3n) is 5.29. The highest BCUT2D eigenvalue weighted by Gasteiger charge is 2.51. The van der Waals surface area contributed by atoms with Crippen LogP contribution in [0, 0.1) is 17.8 Å². The van der Waals surface area contributed by atoms with E-state index in [2.05, 4.69) is 0 Å². The molecule has 12 nitrogen and oxygen atoms in total. The van der Waals surface area contributed by atoms with Crippen LogP contribution in [0.1, 0.15) is 24.8 Å². The lowest BCUT2D eigenvalue weighted by Gasteiger charge is -2.44. The van der Waals surface area contributed by atoms with Gasteiger partial charge in [0.25, 0.3) is 0 Å². The summed E-state index contributed by atoms with van der Waals surface area (Å²) in [7, 11) is 1.05. The molecule has 1 aromatic carbocycles. The zero-order valence-electron chi connectivity index (χ0n) is 17.2. The maximum Gasteiger partial charge on any atom is 0.335 e. The Bertz CT molecular complexity index is 871. The van der Waals surface area contributed by atoms with Gasteiger partial charge in [-0.2, -0.15) is 0 Å². The van der Waals surface area contributed by atoms with Crippen LogP contribution in [0.15, 0.2) is 18.2 Å². The van der Waals surface area contributed by atoms with Gasteiger partial charge in [0, 0.05) is 18.3 Å². The van der Waals surface area contributed by atoms with Crippen molar-refractivity contribution in [1.82, 2.24) is 0 Å². The van der Waals surface area contributed by atoms with Gasteiger partial charge in [0.2, 0.25) is 6.29 Å². The van der Waals surface area contributed by atoms with Crippen molar-refractivity contribution >= 4 is 29.6 Å². The quantitative estimate of drug-likeness (QED) is 0.239. The molecule has 2 rings (SSSR count). The lowest BCUT2D eigenvalue weighted by molar-refractivity contribution is -0.233. The number of nitrogens with two attached hydrogens (primary N) is 1. The van der Waals surface area contributed by atoms with Crippen molar-refractivity contribution in [3.8, 4) is 5.75 Å². The van der Waals surface area contributed by atoms with Crippen LogP contribution in [0.25, 0.3) is 0 Å². The number of nitrogen functional groups attached to an aromatic ring is 1. The van der Waals surface area contributed by atoms with E-state index in [0.29, 0.717) is 5.56 Å². The van der Waals surface area contributed by atoms with Gasteiger partial charge < -0.3 is 40.4 Å². The molecule has 0 unspecified atom stereocenters. The summed E-state index contributed by atoms with van der Waals surface area (Å²) in [6.45, 7) is -0.339. The van der Waals surface area contributed by atoms with E-state index in [1.54, 1.807) is 0 Å². The number of carboxylic acids is 3. The number of carbonyl (C=O) groups excluding carboxylic acids is 1. The second-order valence-electron chi connectivity index (χ2n) is 7.38. The van der Waals surface area contributed by atoms with E-state index in [9.17, 15) is 39.6 Å². The third kappa shape index (κ3) is 6.08. The Kier molecular flexibility index (Phi) is 8.38. The lowest BCUT2D eigenvalue weighted by Crippen LogP contribution is -2.54. The van der Waals surface area contributed by atoms with Gasteiger partial charge in [-0.25, -0.2) is 4.79 Å². The number of hydrogen-bond donors (Lipinski definition) is 5.